The monoisotopic (exact) mass is 223 g/mol. The maximum absolute atomic E-state index is 11.2. The first-order valence-electron chi connectivity index (χ1n) is 4.22. The summed E-state index contributed by atoms with van der Waals surface area (Å²) < 4.78 is 25.5. The molecule has 0 saturated carbocycles. The summed E-state index contributed by atoms with van der Waals surface area (Å²) in [5.41, 5.74) is 0. The molecule has 0 bridgehead atoms. The van der Waals surface area contributed by atoms with Crippen LogP contribution in [0.25, 0.3) is 0 Å². The third kappa shape index (κ3) is 5.15. The molecule has 1 amide bonds. The van der Waals surface area contributed by atoms with E-state index in [2.05, 4.69) is 10.0 Å². The molecule has 6 nitrogen and oxygen atoms in total. The summed E-state index contributed by atoms with van der Waals surface area (Å²) in [7, 11) is -0.723. The molecular weight excluding hydrogens is 206 g/mol. The summed E-state index contributed by atoms with van der Waals surface area (Å²) in [4.78, 5) is 11.1. The molecule has 0 rings (SSSR count). The molecule has 0 aliphatic carbocycles. The van der Waals surface area contributed by atoms with E-state index in [9.17, 15) is 13.2 Å². The van der Waals surface area contributed by atoms with Crippen LogP contribution in [-0.4, -0.2) is 45.3 Å². The van der Waals surface area contributed by atoms with Gasteiger partial charge in [0.1, 0.15) is 0 Å². The molecule has 7 heteroatoms. The number of nitrogens with one attached hydrogen (secondary N) is 2. The van der Waals surface area contributed by atoms with E-state index in [1.54, 1.807) is 13.8 Å². The van der Waals surface area contributed by atoms with E-state index in [-0.39, 0.29) is 18.5 Å². The summed E-state index contributed by atoms with van der Waals surface area (Å²) in [5.74, 6) is -0.342. The van der Waals surface area contributed by atoms with Crippen LogP contribution in [0, 0.1) is 0 Å². The van der Waals surface area contributed by atoms with Crippen LogP contribution in [0.15, 0.2) is 0 Å². The molecule has 0 unspecified atom stereocenters. The molecule has 0 heterocycles. The van der Waals surface area contributed by atoms with E-state index in [1.165, 1.54) is 14.1 Å². The summed E-state index contributed by atoms with van der Waals surface area (Å²) >= 11 is 0. The Hall–Kier alpha value is -0.660. The Kier molecular flexibility index (Phi) is 5.03. The molecular formula is C7H17N3O3S. The van der Waals surface area contributed by atoms with Crippen molar-refractivity contribution in [3.63, 3.8) is 0 Å². The molecule has 0 aliphatic rings. The topological polar surface area (TPSA) is 78.5 Å². The highest BCUT2D eigenvalue weighted by molar-refractivity contribution is 7.87. The molecule has 0 aromatic rings. The van der Waals surface area contributed by atoms with Crippen molar-refractivity contribution in [1.82, 2.24) is 14.3 Å². The van der Waals surface area contributed by atoms with Gasteiger partial charge in [-0.3, -0.25) is 4.79 Å². The second-order valence-electron chi connectivity index (χ2n) is 3.33. The van der Waals surface area contributed by atoms with Crippen molar-refractivity contribution in [2.45, 2.75) is 19.9 Å². The van der Waals surface area contributed by atoms with Gasteiger partial charge in [-0.2, -0.15) is 17.4 Å². The first-order valence-corrected chi connectivity index (χ1v) is 5.66. The third-order valence-electron chi connectivity index (χ3n) is 1.35. The minimum atomic E-state index is -3.51. The summed E-state index contributed by atoms with van der Waals surface area (Å²) in [6.45, 7) is 3.37. The lowest BCUT2D eigenvalue weighted by molar-refractivity contribution is -0.120. The zero-order chi connectivity index (χ0) is 11.4. The van der Waals surface area contributed by atoms with Crippen molar-refractivity contribution in [3.05, 3.63) is 0 Å². The minimum Gasteiger partial charge on any atom is -0.353 e. The molecule has 0 aromatic heterocycles. The lowest BCUT2D eigenvalue weighted by atomic mass is 10.4. The van der Waals surface area contributed by atoms with Gasteiger partial charge in [0.05, 0.1) is 6.54 Å². The quantitative estimate of drug-likeness (QED) is 0.621. The first kappa shape index (κ1) is 13.3. The van der Waals surface area contributed by atoms with Crippen molar-refractivity contribution in [1.29, 1.82) is 0 Å². The van der Waals surface area contributed by atoms with E-state index in [4.69, 9.17) is 0 Å². The fraction of sp³-hybridized carbons (Fsp3) is 0.857. The average molecular weight is 223 g/mol. The van der Waals surface area contributed by atoms with Crippen LogP contribution in [-0.2, 0) is 15.0 Å². The Morgan fingerprint density at radius 3 is 2.21 bits per heavy atom. The SMILES string of the molecule is CC(C)NC(=O)CNS(=O)(=O)N(C)C. The number of rotatable bonds is 5. The zero-order valence-electron chi connectivity index (χ0n) is 8.86. The Morgan fingerprint density at radius 1 is 1.36 bits per heavy atom. The first-order chi connectivity index (χ1) is 6.25. The fourth-order valence-electron chi connectivity index (χ4n) is 0.659. The molecule has 0 fully saturated rings. The van der Waals surface area contributed by atoms with E-state index in [0.29, 0.717) is 0 Å². The predicted octanol–water partition coefficient (Wildman–Crippen LogP) is -1.09. The van der Waals surface area contributed by atoms with E-state index >= 15 is 0 Å². The highest BCUT2D eigenvalue weighted by Crippen LogP contribution is 1.86. The van der Waals surface area contributed by atoms with Gasteiger partial charge in [-0.15, -0.1) is 0 Å². The van der Waals surface area contributed by atoms with Crippen molar-refractivity contribution < 1.29 is 13.2 Å². The fourth-order valence-corrected chi connectivity index (χ4v) is 1.23. The lowest BCUT2D eigenvalue weighted by Crippen LogP contribution is -2.43. The minimum absolute atomic E-state index is 0.00589. The number of nitrogens with zero attached hydrogens (tertiary/aromatic N) is 1. The Morgan fingerprint density at radius 2 is 1.86 bits per heavy atom. The Balaban J connectivity index is 4.01. The third-order valence-corrected chi connectivity index (χ3v) is 2.82. The average Bonchev–Trinajstić information content (AvgIpc) is 1.99. The van der Waals surface area contributed by atoms with E-state index in [0.717, 1.165) is 4.31 Å². The second kappa shape index (κ2) is 5.28. The highest BCUT2D eigenvalue weighted by atomic mass is 32.2. The molecule has 0 atom stereocenters. The Bertz CT molecular complexity index is 285. The van der Waals surface area contributed by atoms with Crippen LogP contribution in [0.2, 0.25) is 0 Å². The van der Waals surface area contributed by atoms with Gasteiger partial charge in [0, 0.05) is 20.1 Å². The van der Waals surface area contributed by atoms with Gasteiger partial charge in [-0.05, 0) is 13.8 Å². The van der Waals surface area contributed by atoms with Crippen molar-refractivity contribution in [2.24, 2.45) is 0 Å². The molecule has 0 aromatic carbocycles. The molecule has 0 radical (unpaired) electrons. The van der Waals surface area contributed by atoms with Gasteiger partial charge >= 0.3 is 0 Å². The second-order valence-corrected chi connectivity index (χ2v) is 5.30. The van der Waals surface area contributed by atoms with Crippen molar-refractivity contribution in [2.75, 3.05) is 20.6 Å². The number of hydrogen-bond donors (Lipinski definition) is 2. The number of amides is 1. The smallest absolute Gasteiger partial charge is 0.279 e. The largest absolute Gasteiger partial charge is 0.353 e. The van der Waals surface area contributed by atoms with Gasteiger partial charge in [-0.25, -0.2) is 0 Å². The normalized spacial score (nSPS) is 12.1. The molecule has 84 valence electrons. The number of carbonyl (C=O) groups excluding carboxylic acids is 1. The van der Waals surface area contributed by atoms with E-state index in [1.807, 2.05) is 0 Å². The van der Waals surface area contributed by atoms with Gasteiger partial charge in [-0.1, -0.05) is 0 Å². The van der Waals surface area contributed by atoms with Crippen LogP contribution in [0.3, 0.4) is 0 Å². The van der Waals surface area contributed by atoms with Crippen LogP contribution in [0.4, 0.5) is 0 Å². The maximum atomic E-state index is 11.2. The van der Waals surface area contributed by atoms with Gasteiger partial charge in [0.15, 0.2) is 0 Å². The van der Waals surface area contributed by atoms with Crippen LogP contribution in [0.1, 0.15) is 13.8 Å². The van der Waals surface area contributed by atoms with Crippen LogP contribution < -0.4 is 10.0 Å². The van der Waals surface area contributed by atoms with Crippen LogP contribution >= 0.6 is 0 Å². The molecule has 0 aliphatic heterocycles. The predicted molar refractivity (Wildman–Crippen MR) is 53.9 cm³/mol. The van der Waals surface area contributed by atoms with Gasteiger partial charge < -0.3 is 5.32 Å². The number of carbonyl (C=O) groups is 1. The van der Waals surface area contributed by atoms with E-state index < -0.39 is 10.2 Å². The highest BCUT2D eigenvalue weighted by Gasteiger charge is 2.14. The van der Waals surface area contributed by atoms with Gasteiger partial charge in [0.2, 0.25) is 5.91 Å². The summed E-state index contributed by atoms with van der Waals surface area (Å²) in [5, 5.41) is 2.57. The lowest BCUT2D eigenvalue weighted by Gasteiger charge is -2.13. The molecule has 14 heavy (non-hydrogen) atoms. The van der Waals surface area contributed by atoms with Crippen LogP contribution in [0.5, 0.6) is 0 Å². The standard InChI is InChI=1S/C7H17N3O3S/c1-6(2)9-7(11)5-8-14(12,13)10(3)4/h6,8H,5H2,1-4H3,(H,9,11). The Labute approximate surface area is 84.8 Å². The number of hydrogen-bond acceptors (Lipinski definition) is 3. The van der Waals surface area contributed by atoms with Gasteiger partial charge in [0.25, 0.3) is 10.2 Å². The molecule has 2 N–H and O–H groups in total. The summed E-state index contributed by atoms with van der Waals surface area (Å²) in [6, 6.07) is 0.00589. The molecule has 0 spiro atoms. The van der Waals surface area contributed by atoms with Crippen molar-refractivity contribution >= 4 is 16.1 Å². The van der Waals surface area contributed by atoms with Crippen molar-refractivity contribution in [3.8, 4) is 0 Å². The summed E-state index contributed by atoms with van der Waals surface area (Å²) in [6.07, 6.45) is 0. The zero-order valence-corrected chi connectivity index (χ0v) is 9.68. The molecule has 0 saturated heterocycles. The maximum Gasteiger partial charge on any atom is 0.279 e.